The van der Waals surface area contributed by atoms with E-state index >= 15 is 0 Å². The molecule has 0 aromatic heterocycles. The number of nitrogens with zero attached hydrogens (tertiary/aromatic N) is 2. The molecule has 0 aliphatic carbocycles. The maximum absolute atomic E-state index is 11.3. The Morgan fingerprint density at radius 1 is 1.00 bits per heavy atom. The molecular weight excluding hydrogens is 611 g/mol. The van der Waals surface area contributed by atoms with Crippen molar-refractivity contribution >= 4 is 39.9 Å². The number of aryl methyl sites for hydroxylation is 1. The number of thioether (sulfide) groups is 1. The number of hydrogen-bond donors (Lipinski definition) is 2. The smallest absolute Gasteiger partial charge is 0.309 e. The van der Waals surface area contributed by atoms with E-state index in [1.54, 1.807) is 11.8 Å². The second-order valence-corrected chi connectivity index (χ2v) is 13.5. The zero-order valence-electron chi connectivity index (χ0n) is 30.0. The van der Waals surface area contributed by atoms with Gasteiger partial charge in [0.25, 0.3) is 0 Å². The highest BCUT2D eigenvalue weighted by molar-refractivity contribution is 8.03. The summed E-state index contributed by atoms with van der Waals surface area (Å²) in [5.74, 6) is -0.770. The highest BCUT2D eigenvalue weighted by Gasteiger charge is 2.34. The number of allylic oxidation sites excluding steroid dienone is 5. The fourth-order valence-electron chi connectivity index (χ4n) is 6.46. The molecule has 0 radical (unpaired) electrons. The van der Waals surface area contributed by atoms with E-state index in [9.17, 15) is 15.2 Å². The van der Waals surface area contributed by atoms with Gasteiger partial charge in [0.1, 0.15) is 5.69 Å². The molecule has 256 valence electrons. The summed E-state index contributed by atoms with van der Waals surface area (Å²) < 4.78 is 0. The highest BCUT2D eigenvalue weighted by atomic mass is 32.2. The molecule has 3 N–H and O–H groups in total. The van der Waals surface area contributed by atoms with Crippen LogP contribution in [0.3, 0.4) is 0 Å². The summed E-state index contributed by atoms with van der Waals surface area (Å²) in [6.07, 6.45) is 16.8. The molecular formula is C42H56N3O2S+. The van der Waals surface area contributed by atoms with Gasteiger partial charge in [0.05, 0.1) is 35.3 Å². The quantitative estimate of drug-likeness (QED) is 0.0851. The fraction of sp³-hybridized carbons (Fsp3) is 0.429. The molecule has 0 amide bonds. The van der Waals surface area contributed by atoms with Crippen molar-refractivity contribution in [1.29, 1.82) is 5.26 Å². The van der Waals surface area contributed by atoms with Gasteiger partial charge in [-0.3, -0.25) is 4.79 Å². The van der Waals surface area contributed by atoms with Gasteiger partial charge in [-0.25, -0.2) is 0 Å². The summed E-state index contributed by atoms with van der Waals surface area (Å²) in [6, 6.07) is 22.1. The average molecular weight is 667 g/mol. The lowest BCUT2D eigenvalue weighted by molar-refractivity contribution is -0.571. The van der Waals surface area contributed by atoms with Gasteiger partial charge in [0, 0.05) is 22.4 Å². The number of fused-ring (bicyclic) bond motifs is 2. The topological polar surface area (TPSA) is 80.9 Å². The summed E-state index contributed by atoms with van der Waals surface area (Å²) >= 11 is 1.77. The largest absolute Gasteiger partial charge is 0.481 e. The first-order valence-corrected chi connectivity index (χ1v) is 18.8. The van der Waals surface area contributed by atoms with Crippen LogP contribution in [-0.4, -0.2) is 24.2 Å². The second kappa shape index (κ2) is 19.9. The van der Waals surface area contributed by atoms with Crippen molar-refractivity contribution in [2.24, 2.45) is 0 Å². The third-order valence-electron chi connectivity index (χ3n) is 8.91. The molecule has 48 heavy (non-hydrogen) atoms. The first-order valence-electron chi connectivity index (χ1n) is 18.0. The van der Waals surface area contributed by atoms with Gasteiger partial charge >= 0.3 is 5.97 Å². The molecule has 6 heteroatoms. The Hall–Kier alpha value is -3.79. The summed E-state index contributed by atoms with van der Waals surface area (Å²) in [5, 5.41) is 25.1. The number of unbranched alkanes of at least 4 members (excludes halogenated alkanes) is 2. The van der Waals surface area contributed by atoms with Crippen molar-refractivity contribution in [3.63, 3.8) is 0 Å². The number of carboxylic acid groups (broad SMARTS) is 1. The van der Waals surface area contributed by atoms with E-state index in [-0.39, 0.29) is 11.8 Å². The number of nitrogens with two attached hydrogens (primary N) is 1. The third kappa shape index (κ3) is 10.4. The maximum atomic E-state index is 11.3. The number of nitriles is 1. The molecule has 0 atom stereocenters. The molecule has 0 saturated carbocycles. The molecule has 3 aromatic carbocycles. The Morgan fingerprint density at radius 2 is 1.69 bits per heavy atom. The Bertz CT molecular complexity index is 1620. The number of carbonyl (C=O) groups is 1. The van der Waals surface area contributed by atoms with Gasteiger partial charge in [-0.15, -0.1) is 0 Å². The Balaban J connectivity index is 0.00000307. The number of hydrogen-bond acceptors (Lipinski definition) is 4. The van der Waals surface area contributed by atoms with Gasteiger partial charge < -0.3 is 15.3 Å². The van der Waals surface area contributed by atoms with E-state index in [1.165, 1.54) is 32.5 Å². The minimum atomic E-state index is -0.770. The van der Waals surface area contributed by atoms with Crippen LogP contribution in [-0.2, 0) is 10.2 Å². The zero-order valence-corrected chi connectivity index (χ0v) is 30.8. The number of anilines is 1. The maximum Gasteiger partial charge on any atom is 0.309 e. The lowest BCUT2D eigenvalue weighted by Crippen LogP contribution is -2.79. The van der Waals surface area contributed by atoms with Gasteiger partial charge in [0.2, 0.25) is 0 Å². The molecule has 0 bridgehead atoms. The highest BCUT2D eigenvalue weighted by Crippen LogP contribution is 2.48. The van der Waals surface area contributed by atoms with Crippen LogP contribution >= 0.6 is 11.8 Å². The van der Waals surface area contributed by atoms with E-state index in [4.69, 9.17) is 0 Å². The minimum absolute atomic E-state index is 0.0779. The monoisotopic (exact) mass is 666 g/mol. The standard InChI is InChI=1S/C40H49N3O2S.C2H6/c1-5-8-21-40(22-9-6-2,34-26-30(4)16-18-35(34)42-24-20-39(44)45)23-12-13-31(29-41)17-19-38-43(25-7-3)36-27-32-14-10-11-15-33(32)28-37(36)46-38;1-2/h10-19,26-28,42H,5-9,20-25H2,1-4H3,(H,44,45);1-2H3/p+1/b13-12+,31-17-,38-19-;. The molecule has 0 saturated heterocycles. The predicted molar refractivity (Wildman–Crippen MR) is 205 cm³/mol. The van der Waals surface area contributed by atoms with E-state index in [0.29, 0.717) is 12.1 Å². The molecule has 0 fully saturated rings. The van der Waals surface area contributed by atoms with E-state index in [2.05, 4.69) is 111 Å². The van der Waals surface area contributed by atoms with Crippen molar-refractivity contribution in [3.05, 3.63) is 101 Å². The number of carboxylic acids is 1. The van der Waals surface area contributed by atoms with Crippen LogP contribution in [0.1, 0.15) is 104 Å². The third-order valence-corrected chi connectivity index (χ3v) is 10.0. The van der Waals surface area contributed by atoms with E-state index in [0.717, 1.165) is 68.6 Å². The fourth-order valence-corrected chi connectivity index (χ4v) is 7.59. The average Bonchev–Trinajstić information content (AvgIpc) is 3.43. The van der Waals surface area contributed by atoms with Crippen LogP contribution in [0.25, 0.3) is 10.8 Å². The van der Waals surface area contributed by atoms with Crippen molar-refractivity contribution in [2.75, 3.05) is 18.0 Å². The van der Waals surface area contributed by atoms with Crippen molar-refractivity contribution in [2.45, 2.75) is 110 Å². The zero-order chi connectivity index (χ0) is 34.9. The lowest BCUT2D eigenvalue weighted by Gasteiger charge is -2.35. The van der Waals surface area contributed by atoms with Crippen LogP contribution in [0.5, 0.6) is 0 Å². The summed E-state index contributed by atoms with van der Waals surface area (Å²) in [4.78, 5) is 14.9. The van der Waals surface area contributed by atoms with E-state index in [1.807, 2.05) is 26.0 Å². The van der Waals surface area contributed by atoms with Crippen LogP contribution in [0.15, 0.2) is 94.4 Å². The first-order chi connectivity index (χ1) is 23.3. The SMILES string of the molecule is CC.CCCCC(C/C=C/C(C#N)=C/C=C1\Sc2cc3ccccc3cc2N1CCC)(CCCC)c1cc(C)ccc1[NH2+]CCC(=O)O. The van der Waals surface area contributed by atoms with Gasteiger partial charge in [-0.05, 0) is 85.9 Å². The molecule has 1 heterocycles. The van der Waals surface area contributed by atoms with Crippen molar-refractivity contribution in [1.82, 2.24) is 0 Å². The van der Waals surface area contributed by atoms with Gasteiger partial charge in [0.15, 0.2) is 0 Å². The normalized spacial score (nSPS) is 13.9. The summed E-state index contributed by atoms with van der Waals surface area (Å²) in [6.45, 7) is 14.3. The molecule has 5 nitrogen and oxygen atoms in total. The molecule has 3 aromatic rings. The lowest BCUT2D eigenvalue weighted by atomic mass is 9.69. The Morgan fingerprint density at radius 3 is 2.31 bits per heavy atom. The van der Waals surface area contributed by atoms with Crippen LogP contribution in [0.2, 0.25) is 0 Å². The van der Waals surface area contributed by atoms with Crippen molar-refractivity contribution in [3.8, 4) is 6.07 Å². The second-order valence-electron chi connectivity index (χ2n) is 12.5. The van der Waals surface area contributed by atoms with Crippen LogP contribution in [0.4, 0.5) is 11.4 Å². The van der Waals surface area contributed by atoms with Crippen LogP contribution < -0.4 is 10.2 Å². The minimum Gasteiger partial charge on any atom is -0.481 e. The number of aliphatic carboxylic acids is 1. The molecule has 1 aliphatic heterocycles. The number of quaternary nitrogens is 1. The van der Waals surface area contributed by atoms with Gasteiger partial charge in [-0.2, -0.15) is 5.26 Å². The van der Waals surface area contributed by atoms with Crippen molar-refractivity contribution < 1.29 is 15.2 Å². The van der Waals surface area contributed by atoms with Gasteiger partial charge in [-0.1, -0.05) is 114 Å². The molecule has 4 rings (SSSR count). The number of benzene rings is 3. The first kappa shape index (κ1) is 38.7. The molecule has 0 unspecified atom stereocenters. The van der Waals surface area contributed by atoms with E-state index < -0.39 is 5.97 Å². The Labute approximate surface area is 293 Å². The van der Waals surface area contributed by atoms with Crippen LogP contribution in [0, 0.1) is 18.3 Å². The summed E-state index contributed by atoms with van der Waals surface area (Å²) in [5.41, 5.74) is 5.49. The predicted octanol–water partition coefficient (Wildman–Crippen LogP) is 10.7. The Kier molecular flexibility index (Phi) is 16.0. The summed E-state index contributed by atoms with van der Waals surface area (Å²) in [7, 11) is 0. The molecule has 0 spiro atoms. The molecule has 1 aliphatic rings. The number of rotatable bonds is 17.